The molecule has 0 aliphatic heterocycles. The molecule has 86 valence electrons. The Labute approximate surface area is 88.2 Å². The summed E-state index contributed by atoms with van der Waals surface area (Å²) in [5.41, 5.74) is 0.267. The second kappa shape index (κ2) is 5.71. The summed E-state index contributed by atoms with van der Waals surface area (Å²) in [4.78, 5) is 0. The summed E-state index contributed by atoms with van der Waals surface area (Å²) in [6.45, 7) is 9.88. The molecule has 0 saturated heterocycles. The molecule has 0 aromatic rings. The highest BCUT2D eigenvalue weighted by Crippen LogP contribution is 2.09. The van der Waals surface area contributed by atoms with Gasteiger partial charge >= 0.3 is 0 Å². The largest absolute Gasteiger partial charge is 0.316 e. The number of sulfone groups is 1. The smallest absolute Gasteiger partial charge is 0.150 e. The van der Waals surface area contributed by atoms with E-state index < -0.39 is 9.84 Å². The Morgan fingerprint density at radius 3 is 2.21 bits per heavy atom. The van der Waals surface area contributed by atoms with Crippen molar-refractivity contribution in [1.82, 2.24) is 5.32 Å². The van der Waals surface area contributed by atoms with E-state index in [0.717, 1.165) is 13.1 Å². The van der Waals surface area contributed by atoms with Gasteiger partial charge in [-0.25, -0.2) is 8.42 Å². The standard InChI is InChI=1S/C10H23NO2S/c1-5-14(12,13)8-6-7-11-9-10(2,3)4/h11H,5-9H2,1-4H3. The van der Waals surface area contributed by atoms with E-state index in [0.29, 0.717) is 12.2 Å². The van der Waals surface area contributed by atoms with Gasteiger partial charge < -0.3 is 5.32 Å². The van der Waals surface area contributed by atoms with Crippen LogP contribution in [0.3, 0.4) is 0 Å². The predicted octanol–water partition coefficient (Wildman–Crippen LogP) is 1.45. The van der Waals surface area contributed by atoms with Gasteiger partial charge in [-0.3, -0.25) is 0 Å². The van der Waals surface area contributed by atoms with Gasteiger partial charge in [0.15, 0.2) is 0 Å². The van der Waals surface area contributed by atoms with Crippen LogP contribution in [-0.4, -0.2) is 33.0 Å². The van der Waals surface area contributed by atoms with Crippen LogP contribution in [0.4, 0.5) is 0 Å². The second-order valence-electron chi connectivity index (χ2n) is 4.83. The Kier molecular flexibility index (Phi) is 5.67. The van der Waals surface area contributed by atoms with Gasteiger partial charge in [0.25, 0.3) is 0 Å². The van der Waals surface area contributed by atoms with Gasteiger partial charge in [-0.2, -0.15) is 0 Å². The van der Waals surface area contributed by atoms with Crippen molar-refractivity contribution in [2.24, 2.45) is 5.41 Å². The molecule has 0 bridgehead atoms. The van der Waals surface area contributed by atoms with E-state index in [-0.39, 0.29) is 11.2 Å². The second-order valence-corrected chi connectivity index (χ2v) is 7.30. The summed E-state index contributed by atoms with van der Waals surface area (Å²) in [5.74, 6) is 0.562. The molecule has 0 unspecified atom stereocenters. The van der Waals surface area contributed by atoms with Gasteiger partial charge in [0.2, 0.25) is 0 Å². The van der Waals surface area contributed by atoms with Crippen molar-refractivity contribution in [1.29, 1.82) is 0 Å². The highest BCUT2D eigenvalue weighted by atomic mass is 32.2. The Hall–Kier alpha value is -0.0900. The zero-order valence-corrected chi connectivity index (χ0v) is 10.6. The predicted molar refractivity (Wildman–Crippen MR) is 61.3 cm³/mol. The van der Waals surface area contributed by atoms with Crippen LogP contribution in [-0.2, 0) is 9.84 Å². The van der Waals surface area contributed by atoms with Gasteiger partial charge in [0.05, 0.1) is 5.75 Å². The molecule has 0 aliphatic rings. The fourth-order valence-electron chi connectivity index (χ4n) is 1.02. The van der Waals surface area contributed by atoms with Crippen LogP contribution in [0, 0.1) is 5.41 Å². The number of nitrogens with one attached hydrogen (secondary N) is 1. The van der Waals surface area contributed by atoms with E-state index in [1.54, 1.807) is 6.92 Å². The maximum absolute atomic E-state index is 11.1. The fraction of sp³-hybridized carbons (Fsp3) is 1.00. The molecule has 14 heavy (non-hydrogen) atoms. The average Bonchev–Trinajstić information content (AvgIpc) is 2.01. The maximum atomic E-state index is 11.1. The lowest BCUT2D eigenvalue weighted by Crippen LogP contribution is -2.28. The van der Waals surface area contributed by atoms with E-state index in [2.05, 4.69) is 26.1 Å². The fourth-order valence-corrected chi connectivity index (χ4v) is 1.90. The maximum Gasteiger partial charge on any atom is 0.150 e. The summed E-state index contributed by atoms with van der Waals surface area (Å²) in [6.07, 6.45) is 0.715. The molecule has 4 heteroatoms. The first-order valence-corrected chi connectivity index (χ1v) is 7.00. The zero-order chi connectivity index (χ0) is 11.2. The average molecular weight is 221 g/mol. The van der Waals surface area contributed by atoms with Crippen LogP contribution in [0.5, 0.6) is 0 Å². The number of hydrogen-bond acceptors (Lipinski definition) is 3. The molecule has 0 fully saturated rings. The molecule has 3 nitrogen and oxygen atoms in total. The minimum absolute atomic E-state index is 0.256. The highest BCUT2D eigenvalue weighted by Gasteiger charge is 2.09. The Balaban J connectivity index is 3.49. The highest BCUT2D eigenvalue weighted by molar-refractivity contribution is 7.91. The van der Waals surface area contributed by atoms with Crippen molar-refractivity contribution in [2.75, 3.05) is 24.6 Å². The molecule has 0 radical (unpaired) electrons. The molecule has 0 atom stereocenters. The Bertz CT molecular complexity index is 239. The van der Waals surface area contributed by atoms with E-state index in [4.69, 9.17) is 0 Å². The SMILES string of the molecule is CCS(=O)(=O)CCCNCC(C)(C)C. The lowest BCUT2D eigenvalue weighted by atomic mass is 9.97. The summed E-state index contributed by atoms with van der Waals surface area (Å²) < 4.78 is 22.3. The molecule has 0 rings (SSSR count). The minimum Gasteiger partial charge on any atom is -0.316 e. The van der Waals surface area contributed by atoms with Crippen molar-refractivity contribution < 1.29 is 8.42 Å². The Morgan fingerprint density at radius 1 is 1.21 bits per heavy atom. The molecule has 0 spiro atoms. The van der Waals surface area contributed by atoms with Crippen LogP contribution in [0.25, 0.3) is 0 Å². The van der Waals surface area contributed by atoms with Gasteiger partial charge in [-0.1, -0.05) is 27.7 Å². The van der Waals surface area contributed by atoms with Crippen LogP contribution in [0.1, 0.15) is 34.1 Å². The minimum atomic E-state index is -2.78. The topological polar surface area (TPSA) is 46.2 Å². The third kappa shape index (κ3) is 8.51. The molecule has 0 saturated carbocycles. The molecular formula is C10H23NO2S. The lowest BCUT2D eigenvalue weighted by Gasteiger charge is -2.18. The first kappa shape index (κ1) is 13.9. The van der Waals surface area contributed by atoms with Crippen LogP contribution in [0.2, 0.25) is 0 Å². The number of rotatable bonds is 6. The molecule has 0 aromatic heterocycles. The third-order valence-electron chi connectivity index (χ3n) is 1.90. The quantitative estimate of drug-likeness (QED) is 0.691. The molecule has 0 heterocycles. The van der Waals surface area contributed by atoms with Crippen molar-refractivity contribution in [3.63, 3.8) is 0 Å². The monoisotopic (exact) mass is 221 g/mol. The van der Waals surface area contributed by atoms with Crippen molar-refractivity contribution in [3.05, 3.63) is 0 Å². The van der Waals surface area contributed by atoms with Crippen LogP contribution in [0.15, 0.2) is 0 Å². The van der Waals surface area contributed by atoms with E-state index in [1.807, 2.05) is 0 Å². The molecule has 0 aromatic carbocycles. The molecule has 1 N–H and O–H groups in total. The summed E-state index contributed by atoms with van der Waals surface area (Å²) in [7, 11) is -2.78. The Morgan fingerprint density at radius 2 is 1.79 bits per heavy atom. The number of hydrogen-bond donors (Lipinski definition) is 1. The zero-order valence-electron chi connectivity index (χ0n) is 9.76. The molecular weight excluding hydrogens is 198 g/mol. The summed E-state index contributed by atoms with van der Waals surface area (Å²) in [6, 6.07) is 0. The van der Waals surface area contributed by atoms with Gasteiger partial charge in [-0.15, -0.1) is 0 Å². The van der Waals surface area contributed by atoms with Gasteiger partial charge in [0, 0.05) is 5.75 Å². The van der Waals surface area contributed by atoms with Crippen molar-refractivity contribution >= 4 is 9.84 Å². The van der Waals surface area contributed by atoms with E-state index >= 15 is 0 Å². The lowest BCUT2D eigenvalue weighted by molar-refractivity contribution is 0.381. The molecule has 0 aliphatic carbocycles. The first-order chi connectivity index (χ1) is 6.27. The van der Waals surface area contributed by atoms with Gasteiger partial charge in [0.1, 0.15) is 9.84 Å². The first-order valence-electron chi connectivity index (χ1n) is 5.18. The van der Waals surface area contributed by atoms with E-state index in [9.17, 15) is 8.42 Å². The summed E-state index contributed by atoms with van der Waals surface area (Å²) >= 11 is 0. The summed E-state index contributed by atoms with van der Waals surface area (Å²) in [5, 5.41) is 3.26. The normalized spacial score (nSPS) is 13.1. The van der Waals surface area contributed by atoms with Crippen LogP contribution >= 0.6 is 0 Å². The van der Waals surface area contributed by atoms with E-state index in [1.165, 1.54) is 0 Å². The van der Waals surface area contributed by atoms with Crippen molar-refractivity contribution in [2.45, 2.75) is 34.1 Å². The van der Waals surface area contributed by atoms with Crippen molar-refractivity contribution in [3.8, 4) is 0 Å². The van der Waals surface area contributed by atoms with Crippen LogP contribution < -0.4 is 5.32 Å². The third-order valence-corrected chi connectivity index (χ3v) is 3.69. The van der Waals surface area contributed by atoms with Gasteiger partial charge in [-0.05, 0) is 24.9 Å². The molecule has 0 amide bonds.